The Hall–Kier alpha value is -1.47. The maximum Gasteiger partial charge on any atom is 0.304 e. The number of halogens is 1. The number of rotatable bonds is 6. The average molecular weight is 303 g/mol. The Morgan fingerprint density at radius 1 is 1.53 bits per heavy atom. The van der Waals surface area contributed by atoms with E-state index >= 15 is 0 Å². The van der Waals surface area contributed by atoms with Gasteiger partial charge in [-0.15, -0.1) is 0 Å². The molecule has 17 heavy (non-hydrogen) atoms. The van der Waals surface area contributed by atoms with Crippen molar-refractivity contribution in [2.45, 2.75) is 13.0 Å². The molecule has 0 fully saturated rings. The molecule has 0 bridgehead atoms. The Kier molecular flexibility index (Phi) is 5.05. The third-order valence-corrected chi connectivity index (χ3v) is 2.57. The van der Waals surface area contributed by atoms with Crippen molar-refractivity contribution in [2.24, 2.45) is 0 Å². The van der Waals surface area contributed by atoms with Crippen molar-refractivity contribution < 1.29 is 14.8 Å². The number of aliphatic carboxylic acids is 1. The SMILES string of the molecule is O=C(O)CCNCc1ccc(Br)cc1[N+](=O)[O-]. The summed E-state index contributed by atoms with van der Waals surface area (Å²) < 4.78 is 0.637. The van der Waals surface area contributed by atoms with Crippen LogP contribution in [0.15, 0.2) is 22.7 Å². The maximum atomic E-state index is 10.8. The summed E-state index contributed by atoms with van der Waals surface area (Å²) in [6.07, 6.45) is -0.00960. The summed E-state index contributed by atoms with van der Waals surface area (Å²) in [4.78, 5) is 20.6. The summed E-state index contributed by atoms with van der Waals surface area (Å²) in [6, 6.07) is 4.77. The molecular formula is C10H11BrN2O4. The van der Waals surface area contributed by atoms with E-state index in [1.807, 2.05) is 0 Å². The quantitative estimate of drug-likeness (QED) is 0.476. The van der Waals surface area contributed by atoms with Crippen LogP contribution in [0, 0.1) is 10.1 Å². The summed E-state index contributed by atoms with van der Waals surface area (Å²) >= 11 is 3.16. The van der Waals surface area contributed by atoms with Gasteiger partial charge in [0.15, 0.2) is 0 Å². The molecule has 1 aromatic rings. The largest absolute Gasteiger partial charge is 0.481 e. The molecule has 0 saturated heterocycles. The molecule has 0 aliphatic rings. The van der Waals surface area contributed by atoms with Crippen molar-refractivity contribution in [1.29, 1.82) is 0 Å². The first-order valence-corrected chi connectivity index (χ1v) is 5.65. The van der Waals surface area contributed by atoms with Crippen molar-refractivity contribution >= 4 is 27.6 Å². The Morgan fingerprint density at radius 2 is 2.24 bits per heavy atom. The van der Waals surface area contributed by atoms with Gasteiger partial charge in [0.1, 0.15) is 0 Å². The topological polar surface area (TPSA) is 92.5 Å². The molecule has 0 atom stereocenters. The Morgan fingerprint density at radius 3 is 2.82 bits per heavy atom. The van der Waals surface area contributed by atoms with Crippen molar-refractivity contribution in [3.05, 3.63) is 38.3 Å². The first kappa shape index (κ1) is 13.6. The Balaban J connectivity index is 2.64. The normalized spacial score (nSPS) is 10.2. The predicted octanol–water partition coefficient (Wildman–Crippen LogP) is 1.92. The monoisotopic (exact) mass is 302 g/mol. The summed E-state index contributed by atoms with van der Waals surface area (Å²) in [5.41, 5.74) is 0.547. The highest BCUT2D eigenvalue weighted by molar-refractivity contribution is 9.10. The third kappa shape index (κ3) is 4.49. The van der Waals surface area contributed by atoms with Gasteiger partial charge >= 0.3 is 5.97 Å². The van der Waals surface area contributed by atoms with E-state index in [1.54, 1.807) is 12.1 Å². The zero-order chi connectivity index (χ0) is 12.8. The minimum atomic E-state index is -0.900. The van der Waals surface area contributed by atoms with Gasteiger partial charge in [-0.1, -0.05) is 15.9 Å². The van der Waals surface area contributed by atoms with Crippen LogP contribution in [0.3, 0.4) is 0 Å². The van der Waals surface area contributed by atoms with E-state index in [2.05, 4.69) is 21.2 Å². The molecule has 0 saturated carbocycles. The van der Waals surface area contributed by atoms with Crippen molar-refractivity contribution in [1.82, 2.24) is 5.32 Å². The van der Waals surface area contributed by atoms with Crippen LogP contribution in [0.1, 0.15) is 12.0 Å². The molecule has 7 heteroatoms. The standard InChI is InChI=1S/C10H11BrN2O4/c11-8-2-1-7(9(5-8)13(16)17)6-12-4-3-10(14)15/h1-2,5,12H,3-4,6H2,(H,14,15). The summed E-state index contributed by atoms with van der Waals surface area (Å²) in [5.74, 6) is -0.900. The molecule has 1 aromatic carbocycles. The van der Waals surface area contributed by atoms with Crippen LogP contribution in [0.4, 0.5) is 5.69 Å². The number of carboxylic acids is 1. The summed E-state index contributed by atoms with van der Waals surface area (Å²) in [6.45, 7) is 0.555. The lowest BCUT2D eigenvalue weighted by molar-refractivity contribution is -0.385. The molecule has 0 aromatic heterocycles. The van der Waals surface area contributed by atoms with E-state index in [9.17, 15) is 14.9 Å². The number of nitrogens with one attached hydrogen (secondary N) is 1. The van der Waals surface area contributed by atoms with Crippen molar-refractivity contribution in [3.63, 3.8) is 0 Å². The fourth-order valence-electron chi connectivity index (χ4n) is 1.27. The van der Waals surface area contributed by atoms with Gasteiger partial charge in [0.2, 0.25) is 0 Å². The molecule has 92 valence electrons. The second-order valence-corrected chi connectivity index (χ2v) is 4.27. The fraction of sp³-hybridized carbons (Fsp3) is 0.300. The van der Waals surface area contributed by atoms with E-state index in [-0.39, 0.29) is 25.2 Å². The van der Waals surface area contributed by atoms with Gasteiger partial charge in [-0.3, -0.25) is 14.9 Å². The van der Waals surface area contributed by atoms with Crippen molar-refractivity contribution in [2.75, 3.05) is 6.54 Å². The number of hydrogen-bond acceptors (Lipinski definition) is 4. The van der Waals surface area contributed by atoms with Gasteiger partial charge in [0.05, 0.1) is 11.3 Å². The van der Waals surface area contributed by atoms with Crippen LogP contribution in [0.25, 0.3) is 0 Å². The van der Waals surface area contributed by atoms with E-state index in [1.165, 1.54) is 6.07 Å². The molecule has 2 N–H and O–H groups in total. The highest BCUT2D eigenvalue weighted by Crippen LogP contribution is 2.23. The predicted molar refractivity (Wildman–Crippen MR) is 64.8 cm³/mol. The van der Waals surface area contributed by atoms with Crippen LogP contribution in [-0.4, -0.2) is 22.5 Å². The second kappa shape index (κ2) is 6.31. The first-order valence-electron chi connectivity index (χ1n) is 4.86. The Labute approximate surface area is 106 Å². The lowest BCUT2D eigenvalue weighted by atomic mass is 10.2. The molecular weight excluding hydrogens is 292 g/mol. The molecule has 0 amide bonds. The molecule has 0 unspecified atom stereocenters. The Bertz CT molecular complexity index is 436. The number of nitro groups is 1. The van der Waals surface area contributed by atoms with Gasteiger partial charge in [0, 0.05) is 29.2 Å². The molecule has 0 aliphatic carbocycles. The van der Waals surface area contributed by atoms with Gasteiger partial charge in [-0.25, -0.2) is 0 Å². The van der Waals surface area contributed by atoms with Gasteiger partial charge in [-0.2, -0.15) is 0 Å². The van der Waals surface area contributed by atoms with E-state index < -0.39 is 10.9 Å². The number of nitro benzene ring substituents is 1. The van der Waals surface area contributed by atoms with E-state index in [0.717, 1.165) is 0 Å². The second-order valence-electron chi connectivity index (χ2n) is 3.35. The lowest BCUT2D eigenvalue weighted by Gasteiger charge is -2.04. The average Bonchev–Trinajstić information content (AvgIpc) is 2.25. The fourth-order valence-corrected chi connectivity index (χ4v) is 1.62. The van der Waals surface area contributed by atoms with Gasteiger partial charge in [0.25, 0.3) is 5.69 Å². The number of carbonyl (C=O) groups is 1. The highest BCUT2D eigenvalue weighted by Gasteiger charge is 2.13. The summed E-state index contributed by atoms with van der Waals surface area (Å²) in [5, 5.41) is 22.1. The van der Waals surface area contributed by atoms with Gasteiger partial charge in [-0.05, 0) is 12.1 Å². The van der Waals surface area contributed by atoms with Crippen LogP contribution in [-0.2, 0) is 11.3 Å². The number of hydrogen-bond donors (Lipinski definition) is 2. The summed E-state index contributed by atoms with van der Waals surface area (Å²) in [7, 11) is 0. The maximum absolute atomic E-state index is 10.8. The zero-order valence-electron chi connectivity index (χ0n) is 8.85. The minimum Gasteiger partial charge on any atom is -0.481 e. The van der Waals surface area contributed by atoms with Crippen LogP contribution in [0.2, 0.25) is 0 Å². The van der Waals surface area contributed by atoms with Crippen molar-refractivity contribution in [3.8, 4) is 0 Å². The molecule has 0 aliphatic heterocycles. The number of benzene rings is 1. The third-order valence-electron chi connectivity index (χ3n) is 2.08. The molecule has 1 rings (SSSR count). The van der Waals surface area contributed by atoms with E-state index in [0.29, 0.717) is 10.0 Å². The number of carboxylic acid groups (broad SMARTS) is 1. The van der Waals surface area contributed by atoms with Crippen LogP contribution >= 0.6 is 15.9 Å². The molecule has 0 heterocycles. The van der Waals surface area contributed by atoms with Gasteiger partial charge < -0.3 is 10.4 Å². The van der Waals surface area contributed by atoms with Crippen LogP contribution < -0.4 is 5.32 Å². The molecule has 0 radical (unpaired) electrons. The van der Waals surface area contributed by atoms with E-state index in [4.69, 9.17) is 5.11 Å². The lowest BCUT2D eigenvalue weighted by Crippen LogP contribution is -2.18. The molecule has 0 spiro atoms. The minimum absolute atomic E-state index is 0.00960. The first-order chi connectivity index (χ1) is 8.00. The molecule has 6 nitrogen and oxygen atoms in total. The van der Waals surface area contributed by atoms with Crippen LogP contribution in [0.5, 0.6) is 0 Å². The highest BCUT2D eigenvalue weighted by atomic mass is 79.9. The number of nitrogens with zero attached hydrogens (tertiary/aromatic N) is 1. The smallest absolute Gasteiger partial charge is 0.304 e. The zero-order valence-corrected chi connectivity index (χ0v) is 10.4.